The maximum atomic E-state index is 13.0. The first-order valence-corrected chi connectivity index (χ1v) is 15.2. The minimum atomic E-state index is -0.832. The van der Waals surface area contributed by atoms with Crippen molar-refractivity contribution in [2.75, 3.05) is 13.1 Å². The Morgan fingerprint density at radius 1 is 1.02 bits per heavy atom. The number of carbonyl (C=O) groups excluding carboxylic acids is 4. The van der Waals surface area contributed by atoms with Gasteiger partial charge < -0.3 is 25.5 Å². The van der Waals surface area contributed by atoms with Gasteiger partial charge in [-0.25, -0.2) is 0 Å². The van der Waals surface area contributed by atoms with Crippen LogP contribution in [0.2, 0.25) is 0 Å². The van der Waals surface area contributed by atoms with Crippen LogP contribution in [0.5, 0.6) is 5.75 Å². The van der Waals surface area contributed by atoms with Gasteiger partial charge in [-0.3, -0.25) is 14.4 Å². The third kappa shape index (κ3) is 11.6. The van der Waals surface area contributed by atoms with E-state index in [1.165, 1.54) is 38.5 Å². The van der Waals surface area contributed by atoms with Crippen molar-refractivity contribution in [3.63, 3.8) is 0 Å². The summed E-state index contributed by atoms with van der Waals surface area (Å²) in [7, 11) is 0. The molecule has 0 radical (unpaired) electrons. The van der Waals surface area contributed by atoms with Crippen molar-refractivity contribution in [2.24, 2.45) is 5.92 Å². The molecule has 2 atom stereocenters. The van der Waals surface area contributed by atoms with Crippen LogP contribution in [0.4, 0.5) is 0 Å². The highest BCUT2D eigenvalue weighted by molar-refractivity contribution is 5.97. The minimum Gasteiger partial charge on any atom is -0.452 e. The molecule has 0 spiro atoms. The van der Waals surface area contributed by atoms with Gasteiger partial charge >= 0.3 is 0 Å². The second-order valence-electron chi connectivity index (χ2n) is 10.7. The molecule has 0 aromatic heterocycles. The number of fused-ring (bicyclic) bond motifs is 1. The number of nitrogens with one attached hydrogen (secondary N) is 3. The van der Waals surface area contributed by atoms with Crippen LogP contribution in [-0.4, -0.2) is 49.1 Å². The molecule has 40 heavy (non-hydrogen) atoms. The molecular weight excluding hydrogens is 506 g/mol. The summed E-state index contributed by atoms with van der Waals surface area (Å²) in [5, 5.41) is 8.72. The van der Waals surface area contributed by atoms with Crippen molar-refractivity contribution >= 4 is 23.9 Å². The van der Waals surface area contributed by atoms with Crippen LogP contribution in [0.15, 0.2) is 36.1 Å². The number of Topliss-reactive ketones (excluding diaryl/α,β-unsaturated/α-hetero) is 1. The number of ether oxygens (including phenoxy) is 1. The number of allylic oxidation sites excluding steroid dienone is 1. The van der Waals surface area contributed by atoms with E-state index in [9.17, 15) is 19.2 Å². The van der Waals surface area contributed by atoms with Gasteiger partial charge in [0.25, 0.3) is 5.91 Å². The van der Waals surface area contributed by atoms with Crippen molar-refractivity contribution in [2.45, 2.75) is 110 Å². The highest BCUT2D eigenvalue weighted by atomic mass is 16.5. The molecule has 2 amide bonds. The minimum absolute atomic E-state index is 0.139. The molecule has 1 aliphatic carbocycles. The third-order valence-corrected chi connectivity index (χ3v) is 7.22. The molecule has 1 heterocycles. The first-order valence-electron chi connectivity index (χ1n) is 15.2. The second kappa shape index (κ2) is 19.1. The van der Waals surface area contributed by atoms with Gasteiger partial charge in [0, 0.05) is 6.42 Å². The monoisotopic (exact) mass is 555 g/mol. The Balaban J connectivity index is 0.00000178. The topological polar surface area (TPSA) is 114 Å². The normalized spacial score (nSPS) is 16.4. The molecule has 8 heteroatoms. The van der Waals surface area contributed by atoms with Crippen molar-refractivity contribution in [3.8, 4) is 5.75 Å². The van der Waals surface area contributed by atoms with Crippen molar-refractivity contribution in [3.05, 3.63) is 41.7 Å². The van der Waals surface area contributed by atoms with Crippen LogP contribution < -0.4 is 20.7 Å². The van der Waals surface area contributed by atoms with Gasteiger partial charge in [0.15, 0.2) is 11.5 Å². The predicted octanol–water partition coefficient (Wildman–Crippen LogP) is 4.80. The molecule has 222 valence electrons. The van der Waals surface area contributed by atoms with Crippen molar-refractivity contribution in [1.29, 1.82) is 0 Å². The number of aldehydes is 1. The van der Waals surface area contributed by atoms with Gasteiger partial charge in [0.2, 0.25) is 5.91 Å². The number of rotatable bonds is 14. The summed E-state index contributed by atoms with van der Waals surface area (Å²) in [5.41, 5.74) is 1.02. The first-order chi connectivity index (χ1) is 19.4. The molecule has 1 saturated carbocycles. The number of hydrogen-bond donors (Lipinski definition) is 3. The Bertz CT molecular complexity index is 971. The number of ketones is 1. The lowest BCUT2D eigenvalue weighted by Crippen LogP contribution is -2.53. The summed E-state index contributed by atoms with van der Waals surface area (Å²) in [6, 6.07) is 5.95. The number of para-hydroxylation sites is 1. The fourth-order valence-electron chi connectivity index (χ4n) is 4.99. The molecule has 0 bridgehead atoms. The van der Waals surface area contributed by atoms with Crippen LogP contribution in [0.1, 0.15) is 97.0 Å². The van der Waals surface area contributed by atoms with Crippen LogP contribution in [-0.2, 0) is 25.6 Å². The van der Waals surface area contributed by atoms with Crippen LogP contribution in [0, 0.1) is 5.92 Å². The molecule has 3 N–H and O–H groups in total. The number of carbonyl (C=O) groups is 4. The zero-order valence-electron chi connectivity index (χ0n) is 24.6. The van der Waals surface area contributed by atoms with E-state index in [1.54, 1.807) is 13.0 Å². The van der Waals surface area contributed by atoms with Gasteiger partial charge in [0.1, 0.15) is 18.1 Å². The number of aryl methyl sites for hydroxylation is 1. The summed E-state index contributed by atoms with van der Waals surface area (Å²) < 4.78 is 5.83. The lowest BCUT2D eigenvalue weighted by molar-refractivity contribution is -0.131. The maximum absolute atomic E-state index is 13.0. The second-order valence-corrected chi connectivity index (χ2v) is 10.7. The van der Waals surface area contributed by atoms with Crippen molar-refractivity contribution < 1.29 is 23.9 Å². The largest absolute Gasteiger partial charge is 0.452 e. The smallest absolute Gasteiger partial charge is 0.287 e. The van der Waals surface area contributed by atoms with Gasteiger partial charge in [-0.2, -0.15) is 0 Å². The standard InChI is InChI=1S/C29H41N3O5.C3H8/c1-2-23(31-29(36)27-16-8-13-22-12-6-7-15-26(22)37-27)28(35)32-24(14-9-19-33)25(34)20-30-18-17-21-10-4-3-5-11-21;1-3-2/h6-7,12,15-16,19,21,23-24,30H,2-5,8-11,13-14,17-18,20H2,1H3,(H,31,36)(H,32,35);3H2,1-2H3/t23?,24-;/m0./s1. The summed E-state index contributed by atoms with van der Waals surface area (Å²) in [6.07, 6.45) is 13.3. The Labute approximate surface area is 240 Å². The predicted molar refractivity (Wildman–Crippen MR) is 158 cm³/mol. The molecule has 3 rings (SSSR count). The molecule has 8 nitrogen and oxygen atoms in total. The molecule has 2 aliphatic rings. The van der Waals surface area contributed by atoms with Crippen LogP contribution in [0.3, 0.4) is 0 Å². The van der Waals surface area contributed by atoms with Crippen LogP contribution >= 0.6 is 0 Å². The Hall–Kier alpha value is -3.00. The number of hydrogen-bond acceptors (Lipinski definition) is 6. The van der Waals surface area contributed by atoms with Crippen molar-refractivity contribution in [1.82, 2.24) is 16.0 Å². The van der Waals surface area contributed by atoms with Gasteiger partial charge in [-0.15, -0.1) is 0 Å². The summed E-state index contributed by atoms with van der Waals surface area (Å²) in [6.45, 7) is 6.94. The average molecular weight is 556 g/mol. The van der Waals surface area contributed by atoms with Crippen LogP contribution in [0.25, 0.3) is 0 Å². The fraction of sp³-hybridized carbons (Fsp3) is 0.625. The van der Waals surface area contributed by atoms with E-state index in [0.29, 0.717) is 18.6 Å². The average Bonchev–Trinajstić information content (AvgIpc) is 3.19. The molecule has 1 unspecified atom stereocenters. The zero-order valence-corrected chi connectivity index (χ0v) is 24.6. The summed E-state index contributed by atoms with van der Waals surface area (Å²) >= 11 is 0. The first kappa shape index (κ1) is 33.2. The van der Waals surface area contributed by atoms with E-state index in [0.717, 1.165) is 37.2 Å². The fourth-order valence-corrected chi connectivity index (χ4v) is 4.99. The number of benzene rings is 1. The van der Waals surface area contributed by atoms with E-state index in [4.69, 9.17) is 4.74 Å². The Kier molecular flexibility index (Phi) is 15.9. The van der Waals surface area contributed by atoms with Gasteiger partial charge in [-0.05, 0) is 62.3 Å². The SMILES string of the molecule is CCC.CCC(NC(=O)C1=CCCc2ccccc2O1)C(=O)N[C@@H](CCC=O)C(=O)CNCCC1CCCCC1. The molecule has 1 fully saturated rings. The molecule has 1 aromatic rings. The third-order valence-electron chi connectivity index (χ3n) is 7.22. The Morgan fingerprint density at radius 3 is 2.45 bits per heavy atom. The molecule has 0 saturated heterocycles. The number of amides is 2. The molecular formula is C32H49N3O5. The zero-order chi connectivity index (χ0) is 29.2. The lowest BCUT2D eigenvalue weighted by atomic mass is 9.87. The summed E-state index contributed by atoms with van der Waals surface area (Å²) in [5.74, 6) is 0.431. The van der Waals surface area contributed by atoms with E-state index >= 15 is 0 Å². The van der Waals surface area contributed by atoms with E-state index in [-0.39, 0.29) is 30.9 Å². The molecule has 1 aromatic carbocycles. The summed E-state index contributed by atoms with van der Waals surface area (Å²) in [4.78, 5) is 49.8. The Morgan fingerprint density at radius 2 is 1.75 bits per heavy atom. The van der Waals surface area contributed by atoms with E-state index < -0.39 is 23.9 Å². The van der Waals surface area contributed by atoms with E-state index in [1.807, 2.05) is 24.3 Å². The quantitative estimate of drug-likeness (QED) is 0.225. The highest BCUT2D eigenvalue weighted by Crippen LogP contribution is 2.26. The molecule has 1 aliphatic heterocycles. The highest BCUT2D eigenvalue weighted by Gasteiger charge is 2.27. The van der Waals surface area contributed by atoms with Gasteiger partial charge in [0.05, 0.1) is 12.6 Å². The van der Waals surface area contributed by atoms with E-state index in [2.05, 4.69) is 29.8 Å². The lowest BCUT2D eigenvalue weighted by Gasteiger charge is -2.23. The van der Waals surface area contributed by atoms with Gasteiger partial charge in [-0.1, -0.05) is 77.5 Å². The maximum Gasteiger partial charge on any atom is 0.287 e.